The molecule has 6 rings (SSSR count). The summed E-state index contributed by atoms with van der Waals surface area (Å²) in [6.07, 6.45) is 4.03. The molecule has 6 aromatic rings. The monoisotopic (exact) mass is 421 g/mol. The summed E-state index contributed by atoms with van der Waals surface area (Å²) in [5.74, 6) is 1.52. The van der Waals surface area contributed by atoms with Crippen LogP contribution in [0.2, 0.25) is 0 Å². The second kappa shape index (κ2) is 7.30. The van der Waals surface area contributed by atoms with Crippen molar-refractivity contribution in [3.05, 3.63) is 89.4 Å². The molecule has 0 aliphatic heterocycles. The maximum atomic E-state index is 5.60. The summed E-state index contributed by atoms with van der Waals surface area (Å²) in [6, 6.07) is 26.0. The topological polar surface area (TPSA) is 69.1 Å². The van der Waals surface area contributed by atoms with Crippen molar-refractivity contribution in [1.82, 2.24) is 25.0 Å². The summed E-state index contributed by atoms with van der Waals surface area (Å²) >= 11 is 1.50. The van der Waals surface area contributed by atoms with Gasteiger partial charge in [0, 0.05) is 11.1 Å². The largest absolute Gasteiger partial charge is 0.355 e. The van der Waals surface area contributed by atoms with Gasteiger partial charge in [0.2, 0.25) is 4.96 Å². The molecule has 0 amide bonds. The molecule has 0 atom stereocenters. The van der Waals surface area contributed by atoms with Gasteiger partial charge in [0.25, 0.3) is 0 Å². The van der Waals surface area contributed by atoms with E-state index < -0.39 is 0 Å². The van der Waals surface area contributed by atoms with Crippen LogP contribution in [0, 0.1) is 0 Å². The Balaban J connectivity index is 1.34. The fourth-order valence-corrected chi connectivity index (χ4v) is 4.24. The van der Waals surface area contributed by atoms with E-state index in [2.05, 4.69) is 26.5 Å². The highest BCUT2D eigenvalue weighted by atomic mass is 32.1. The van der Waals surface area contributed by atoms with Gasteiger partial charge in [-0.3, -0.25) is 0 Å². The summed E-state index contributed by atoms with van der Waals surface area (Å²) in [6.45, 7) is 0. The van der Waals surface area contributed by atoms with Crippen LogP contribution in [-0.2, 0) is 0 Å². The number of nitrogens with zero attached hydrogens (tertiary/aromatic N) is 5. The molecule has 0 saturated carbocycles. The summed E-state index contributed by atoms with van der Waals surface area (Å²) < 4.78 is 7.39. The third kappa shape index (κ3) is 3.21. The molecule has 0 bridgehead atoms. The van der Waals surface area contributed by atoms with Crippen molar-refractivity contribution in [3.63, 3.8) is 0 Å². The van der Waals surface area contributed by atoms with Gasteiger partial charge in [0.1, 0.15) is 10.5 Å². The van der Waals surface area contributed by atoms with Crippen molar-refractivity contribution in [1.29, 1.82) is 0 Å². The molecule has 6 nitrogen and oxygen atoms in total. The van der Waals surface area contributed by atoms with Crippen LogP contribution in [0.3, 0.4) is 0 Å². The zero-order valence-corrected chi connectivity index (χ0v) is 17.0. The quantitative estimate of drug-likeness (QED) is 0.358. The Morgan fingerprint density at radius 1 is 0.806 bits per heavy atom. The van der Waals surface area contributed by atoms with Crippen LogP contribution in [0.5, 0.6) is 0 Å². The normalized spacial score (nSPS) is 11.7. The lowest BCUT2D eigenvalue weighted by Gasteiger charge is -1.97. The summed E-state index contributed by atoms with van der Waals surface area (Å²) in [7, 11) is 0. The third-order valence-corrected chi connectivity index (χ3v) is 5.86. The highest BCUT2D eigenvalue weighted by molar-refractivity contribution is 7.17. The van der Waals surface area contributed by atoms with E-state index in [9.17, 15) is 0 Å². The Labute approximate surface area is 181 Å². The van der Waals surface area contributed by atoms with E-state index in [0.29, 0.717) is 0 Å². The fourth-order valence-electron chi connectivity index (χ4n) is 3.49. The molecule has 0 unspecified atom stereocenters. The highest BCUT2D eigenvalue weighted by Gasteiger charge is 2.13. The Bertz CT molecular complexity index is 1530. The van der Waals surface area contributed by atoms with Crippen LogP contribution < -0.4 is 0 Å². The van der Waals surface area contributed by atoms with Gasteiger partial charge in [-0.1, -0.05) is 89.3 Å². The van der Waals surface area contributed by atoms with E-state index >= 15 is 0 Å². The molecule has 148 valence electrons. The Morgan fingerprint density at radius 3 is 2.39 bits per heavy atom. The molecule has 3 heterocycles. The van der Waals surface area contributed by atoms with Crippen molar-refractivity contribution in [2.45, 2.75) is 0 Å². The molecule has 0 aliphatic rings. The van der Waals surface area contributed by atoms with Gasteiger partial charge in [-0.2, -0.15) is 9.61 Å². The molecule has 3 aromatic carbocycles. The van der Waals surface area contributed by atoms with Crippen molar-refractivity contribution in [2.75, 3.05) is 0 Å². The summed E-state index contributed by atoms with van der Waals surface area (Å²) in [5.41, 5.74) is 3.87. The van der Waals surface area contributed by atoms with Crippen LogP contribution in [0.1, 0.15) is 10.6 Å². The molecule has 0 spiro atoms. The maximum Gasteiger partial charge on any atom is 0.235 e. The lowest BCUT2D eigenvalue weighted by Crippen LogP contribution is -1.90. The third-order valence-electron chi connectivity index (χ3n) is 4.99. The number of hydrogen-bond donors (Lipinski definition) is 0. The van der Waals surface area contributed by atoms with Gasteiger partial charge in [-0.15, -0.1) is 10.2 Å². The van der Waals surface area contributed by atoms with E-state index in [0.717, 1.165) is 49.1 Å². The van der Waals surface area contributed by atoms with Gasteiger partial charge in [-0.05, 0) is 23.8 Å². The molecule has 0 radical (unpaired) electrons. The van der Waals surface area contributed by atoms with E-state index in [-0.39, 0.29) is 0 Å². The van der Waals surface area contributed by atoms with Gasteiger partial charge in [0.15, 0.2) is 11.6 Å². The number of hydrogen-bond acceptors (Lipinski definition) is 6. The van der Waals surface area contributed by atoms with Gasteiger partial charge in [-0.25, -0.2) is 0 Å². The standard InChI is InChI=1S/C24H15N5OS/c1-3-7-17(8-4-1)22-19-15-16(11-13-20(19)28-30-22)12-14-21-27-29-23(25-26-24(29)31-21)18-9-5-2-6-10-18/h1-15H/b14-12+. The number of rotatable bonds is 4. The Morgan fingerprint density at radius 2 is 1.58 bits per heavy atom. The van der Waals surface area contributed by atoms with Crippen molar-refractivity contribution < 1.29 is 4.52 Å². The van der Waals surface area contributed by atoms with Crippen molar-refractivity contribution in [3.8, 4) is 22.7 Å². The number of aromatic nitrogens is 5. The Hall–Kier alpha value is -4.10. The first-order valence-corrected chi connectivity index (χ1v) is 10.6. The molecule has 0 aliphatic carbocycles. The number of benzene rings is 3. The van der Waals surface area contributed by atoms with Crippen LogP contribution in [-0.4, -0.2) is 25.0 Å². The van der Waals surface area contributed by atoms with Crippen LogP contribution in [0.4, 0.5) is 0 Å². The van der Waals surface area contributed by atoms with Gasteiger partial charge in [0.05, 0.1) is 5.39 Å². The fraction of sp³-hybridized carbons (Fsp3) is 0. The molecule has 0 saturated heterocycles. The maximum absolute atomic E-state index is 5.60. The smallest absolute Gasteiger partial charge is 0.235 e. The molecule has 31 heavy (non-hydrogen) atoms. The van der Waals surface area contributed by atoms with Crippen LogP contribution in [0.15, 0.2) is 83.4 Å². The first-order chi connectivity index (χ1) is 15.3. The molecular weight excluding hydrogens is 406 g/mol. The van der Waals surface area contributed by atoms with Gasteiger partial charge >= 0.3 is 0 Å². The van der Waals surface area contributed by atoms with Crippen LogP contribution >= 0.6 is 11.3 Å². The second-order valence-electron chi connectivity index (χ2n) is 7.01. The van der Waals surface area contributed by atoms with E-state index in [4.69, 9.17) is 4.52 Å². The molecule has 0 N–H and O–H groups in total. The van der Waals surface area contributed by atoms with E-state index in [1.807, 2.05) is 84.9 Å². The second-order valence-corrected chi connectivity index (χ2v) is 8.00. The Kier molecular flexibility index (Phi) is 4.18. The predicted molar refractivity (Wildman–Crippen MR) is 122 cm³/mol. The minimum atomic E-state index is 0.741. The summed E-state index contributed by atoms with van der Waals surface area (Å²) in [5, 5.41) is 19.2. The minimum Gasteiger partial charge on any atom is -0.355 e. The first-order valence-electron chi connectivity index (χ1n) is 9.76. The first kappa shape index (κ1) is 17.7. The van der Waals surface area contributed by atoms with Crippen LogP contribution in [0.25, 0.3) is 50.7 Å². The lowest BCUT2D eigenvalue weighted by molar-refractivity contribution is 0.441. The molecule has 3 aromatic heterocycles. The number of fused-ring (bicyclic) bond motifs is 2. The average molecular weight is 421 g/mol. The molecule has 7 heteroatoms. The average Bonchev–Trinajstić information content (AvgIpc) is 3.52. The SMILES string of the molecule is C(=C\c1nn2c(-c3ccccc3)nnc2s1)/c1ccc2noc(-c3ccccc3)c2c1. The van der Waals surface area contributed by atoms with Crippen molar-refractivity contribution in [2.24, 2.45) is 0 Å². The van der Waals surface area contributed by atoms with Gasteiger partial charge < -0.3 is 4.52 Å². The molecular formula is C24H15N5OS. The zero-order valence-electron chi connectivity index (χ0n) is 16.2. The predicted octanol–water partition coefficient (Wildman–Crippen LogP) is 5.83. The highest BCUT2D eigenvalue weighted by Crippen LogP contribution is 2.30. The van der Waals surface area contributed by atoms with E-state index in [1.54, 1.807) is 4.52 Å². The minimum absolute atomic E-state index is 0.741. The lowest BCUT2D eigenvalue weighted by atomic mass is 10.1. The van der Waals surface area contributed by atoms with Crippen molar-refractivity contribution >= 4 is 39.4 Å². The van der Waals surface area contributed by atoms with E-state index in [1.165, 1.54) is 11.3 Å². The summed E-state index contributed by atoms with van der Waals surface area (Å²) in [4.78, 5) is 0.763. The molecule has 0 fully saturated rings. The zero-order chi connectivity index (χ0) is 20.6.